The summed E-state index contributed by atoms with van der Waals surface area (Å²) in [6.07, 6.45) is 0. The van der Waals surface area contributed by atoms with Crippen LogP contribution < -0.4 is 0 Å². The lowest BCUT2D eigenvalue weighted by atomic mass is 9.95. The fourth-order valence-electron chi connectivity index (χ4n) is 8.31. The Morgan fingerprint density at radius 2 is 0.900 bits per heavy atom. The molecule has 12 aromatic rings. The molecular formula is C53H32N6O. The number of rotatable bonds is 6. The first-order valence-corrected chi connectivity index (χ1v) is 19.9. The summed E-state index contributed by atoms with van der Waals surface area (Å²) in [5.41, 5.74) is 11.2. The maximum atomic E-state index is 6.30. The first-order valence-electron chi connectivity index (χ1n) is 19.9. The van der Waals surface area contributed by atoms with Crippen molar-refractivity contribution in [2.24, 2.45) is 0 Å². The van der Waals surface area contributed by atoms with Crippen LogP contribution >= 0.6 is 0 Å². The Hall–Kier alpha value is -8.29. The third kappa shape index (κ3) is 5.79. The van der Waals surface area contributed by atoms with Gasteiger partial charge >= 0.3 is 0 Å². The second kappa shape index (κ2) is 13.7. The van der Waals surface area contributed by atoms with E-state index in [9.17, 15) is 0 Å². The summed E-state index contributed by atoms with van der Waals surface area (Å²) in [5.74, 6) is 1.74. The topological polar surface area (TPSA) is 82.5 Å². The zero-order valence-electron chi connectivity index (χ0n) is 32.1. The Labute approximate surface area is 343 Å². The van der Waals surface area contributed by atoms with Crippen molar-refractivity contribution in [1.29, 1.82) is 0 Å². The van der Waals surface area contributed by atoms with Crippen molar-refractivity contribution < 1.29 is 4.42 Å². The van der Waals surface area contributed by atoms with E-state index in [2.05, 4.69) is 127 Å². The quantitative estimate of drug-likeness (QED) is 0.157. The van der Waals surface area contributed by atoms with Crippen LogP contribution in [0.15, 0.2) is 199 Å². The van der Waals surface area contributed by atoms with Crippen LogP contribution in [-0.2, 0) is 0 Å². The highest BCUT2D eigenvalue weighted by atomic mass is 16.3. The summed E-state index contributed by atoms with van der Waals surface area (Å²) in [4.78, 5) is 17.1. The maximum Gasteiger partial charge on any atom is 0.164 e. The van der Waals surface area contributed by atoms with Gasteiger partial charge in [0.2, 0.25) is 0 Å². The smallest absolute Gasteiger partial charge is 0.164 e. The van der Waals surface area contributed by atoms with Gasteiger partial charge in [-0.1, -0.05) is 140 Å². The molecule has 3 aromatic heterocycles. The zero-order chi connectivity index (χ0) is 39.6. The molecule has 0 amide bonds. The van der Waals surface area contributed by atoms with E-state index < -0.39 is 0 Å². The van der Waals surface area contributed by atoms with Gasteiger partial charge in [-0.05, 0) is 93.0 Å². The minimum absolute atomic E-state index is 0.567. The number of furan rings is 1. The average molecular weight is 769 g/mol. The minimum Gasteiger partial charge on any atom is -0.456 e. The van der Waals surface area contributed by atoms with Crippen LogP contribution in [-0.4, -0.2) is 29.9 Å². The number of nitrogens with zero attached hydrogens (tertiary/aromatic N) is 6. The third-order valence-corrected chi connectivity index (χ3v) is 11.3. The number of para-hydroxylation sites is 2. The summed E-state index contributed by atoms with van der Waals surface area (Å²) >= 11 is 0. The SMILES string of the molecule is c1ccc(-c2cccc(-c3nc(-c4cccc(-c5ccc6ccc7ccc8nn(-c9ccccc9)nc8c7c6c5)c4)nc(-c4ccc5c(c4)oc4ccccc45)n3)c2)cc1. The van der Waals surface area contributed by atoms with Crippen LogP contribution in [0.3, 0.4) is 0 Å². The monoisotopic (exact) mass is 768 g/mol. The van der Waals surface area contributed by atoms with E-state index in [-0.39, 0.29) is 0 Å². The van der Waals surface area contributed by atoms with Gasteiger partial charge in [-0.3, -0.25) is 0 Å². The molecule has 0 radical (unpaired) electrons. The molecule has 0 saturated carbocycles. The lowest BCUT2D eigenvalue weighted by molar-refractivity contribution is 0.669. The van der Waals surface area contributed by atoms with Gasteiger partial charge in [0.1, 0.15) is 22.2 Å². The predicted octanol–water partition coefficient (Wildman–Crippen LogP) is 13.1. The Kier molecular flexibility index (Phi) is 7.71. The lowest BCUT2D eigenvalue weighted by Gasteiger charge is -2.11. The molecule has 60 heavy (non-hydrogen) atoms. The highest BCUT2D eigenvalue weighted by Crippen LogP contribution is 2.37. The van der Waals surface area contributed by atoms with E-state index in [1.807, 2.05) is 66.7 Å². The summed E-state index contributed by atoms with van der Waals surface area (Å²) in [6.45, 7) is 0. The second-order valence-corrected chi connectivity index (χ2v) is 15.0. The molecule has 3 heterocycles. The van der Waals surface area contributed by atoms with Crippen LogP contribution in [0.4, 0.5) is 0 Å². The molecule has 280 valence electrons. The van der Waals surface area contributed by atoms with Crippen molar-refractivity contribution in [3.05, 3.63) is 194 Å². The van der Waals surface area contributed by atoms with Gasteiger partial charge in [0.25, 0.3) is 0 Å². The van der Waals surface area contributed by atoms with E-state index in [0.717, 1.165) is 99.1 Å². The number of aromatic nitrogens is 6. The van der Waals surface area contributed by atoms with Gasteiger partial charge in [-0.2, -0.15) is 4.80 Å². The normalized spacial score (nSPS) is 11.7. The highest BCUT2D eigenvalue weighted by Gasteiger charge is 2.17. The summed E-state index contributed by atoms with van der Waals surface area (Å²) in [7, 11) is 0. The van der Waals surface area contributed by atoms with E-state index in [4.69, 9.17) is 29.6 Å². The summed E-state index contributed by atoms with van der Waals surface area (Å²) in [6, 6.07) is 66.7. The lowest BCUT2D eigenvalue weighted by Crippen LogP contribution is -2.00. The molecule has 7 heteroatoms. The van der Waals surface area contributed by atoms with Crippen LogP contribution in [0.2, 0.25) is 0 Å². The highest BCUT2D eigenvalue weighted by molar-refractivity contribution is 6.19. The van der Waals surface area contributed by atoms with Crippen molar-refractivity contribution in [1.82, 2.24) is 29.9 Å². The van der Waals surface area contributed by atoms with Gasteiger partial charge in [0.15, 0.2) is 17.5 Å². The second-order valence-electron chi connectivity index (χ2n) is 15.0. The van der Waals surface area contributed by atoms with Crippen LogP contribution in [0.5, 0.6) is 0 Å². The largest absolute Gasteiger partial charge is 0.456 e. The molecule has 0 spiro atoms. The van der Waals surface area contributed by atoms with Crippen molar-refractivity contribution in [2.75, 3.05) is 0 Å². The van der Waals surface area contributed by atoms with Crippen molar-refractivity contribution in [2.45, 2.75) is 0 Å². The number of fused-ring (bicyclic) bond motifs is 8. The molecule has 0 bridgehead atoms. The molecule has 0 unspecified atom stereocenters. The molecule has 0 aliphatic carbocycles. The number of hydrogen-bond acceptors (Lipinski definition) is 6. The molecule has 0 aliphatic heterocycles. The summed E-state index contributed by atoms with van der Waals surface area (Å²) in [5, 5.41) is 16.4. The number of benzene rings is 9. The van der Waals surface area contributed by atoms with Gasteiger partial charge in [0, 0.05) is 32.8 Å². The molecule has 0 fully saturated rings. The summed E-state index contributed by atoms with van der Waals surface area (Å²) < 4.78 is 6.30. The maximum absolute atomic E-state index is 6.30. The van der Waals surface area contributed by atoms with Crippen molar-refractivity contribution in [3.63, 3.8) is 0 Å². The fourth-order valence-corrected chi connectivity index (χ4v) is 8.31. The fraction of sp³-hybridized carbons (Fsp3) is 0. The molecule has 9 aromatic carbocycles. The molecule has 12 rings (SSSR count). The average Bonchev–Trinajstić information content (AvgIpc) is 3.94. The third-order valence-electron chi connectivity index (χ3n) is 11.3. The van der Waals surface area contributed by atoms with E-state index in [0.29, 0.717) is 17.5 Å². The predicted molar refractivity (Wildman–Crippen MR) is 242 cm³/mol. The molecule has 7 nitrogen and oxygen atoms in total. The Morgan fingerprint density at radius 3 is 1.67 bits per heavy atom. The Morgan fingerprint density at radius 1 is 0.350 bits per heavy atom. The van der Waals surface area contributed by atoms with Crippen molar-refractivity contribution in [3.8, 4) is 62.1 Å². The van der Waals surface area contributed by atoms with E-state index in [1.165, 1.54) is 0 Å². The molecule has 0 aliphatic rings. The molecule has 0 saturated heterocycles. The van der Waals surface area contributed by atoms with Gasteiger partial charge in [-0.25, -0.2) is 15.0 Å². The molecule has 0 atom stereocenters. The van der Waals surface area contributed by atoms with Gasteiger partial charge < -0.3 is 4.42 Å². The molecule has 0 N–H and O–H groups in total. The standard InChI is InChI=1S/C53H32N6O/c1-3-11-33(12-4-1)36-13-9-15-39(29-36)51-54-52(56-53(55-51)41-25-27-44-43-19-7-8-20-47(43)60-48(44)32-41)40-16-10-14-37(30-40)38-24-22-34-21-23-35-26-28-46-50(49(35)45(34)31-38)58-59(57-46)42-17-5-2-6-18-42/h1-32H. The van der Waals surface area contributed by atoms with Gasteiger partial charge in [0.05, 0.1) is 5.69 Å². The van der Waals surface area contributed by atoms with E-state index in [1.54, 1.807) is 4.80 Å². The Balaban J connectivity index is 1.000. The van der Waals surface area contributed by atoms with Crippen LogP contribution in [0.25, 0.3) is 117 Å². The molecular weight excluding hydrogens is 737 g/mol. The van der Waals surface area contributed by atoms with Gasteiger partial charge in [-0.15, -0.1) is 10.2 Å². The zero-order valence-corrected chi connectivity index (χ0v) is 32.1. The van der Waals surface area contributed by atoms with Crippen LogP contribution in [0, 0.1) is 0 Å². The van der Waals surface area contributed by atoms with Crippen molar-refractivity contribution >= 4 is 54.5 Å². The van der Waals surface area contributed by atoms with Crippen LogP contribution in [0.1, 0.15) is 0 Å². The minimum atomic E-state index is 0.567. The first-order chi connectivity index (χ1) is 29.7. The van der Waals surface area contributed by atoms with E-state index >= 15 is 0 Å². The Bertz CT molecular complexity index is 3610. The number of hydrogen-bond donors (Lipinski definition) is 0. The first kappa shape index (κ1) is 33.8.